The van der Waals surface area contributed by atoms with E-state index in [1.807, 2.05) is 72.8 Å². The molecule has 1 N–H and O–H groups in total. The zero-order valence-corrected chi connectivity index (χ0v) is 15.8. The number of H-pyrrole nitrogens is 1. The number of carbonyl (C=O) groups is 1. The predicted molar refractivity (Wildman–Crippen MR) is 112 cm³/mol. The third-order valence-corrected chi connectivity index (χ3v) is 4.68. The van der Waals surface area contributed by atoms with Crippen molar-refractivity contribution in [1.82, 2.24) is 4.98 Å². The summed E-state index contributed by atoms with van der Waals surface area (Å²) in [4.78, 5) is 28.0. The standard InChI is InChI=1S/C24H19NO4/c1-28-24(27)19-14-20(26)22-18(17-10-6-3-7-11-17)12-13-21(23(22)25-19)29-15-16-8-4-2-5-9-16/h2-14H,15H2,1H3,(H,25,26). The number of hydrogen-bond donors (Lipinski definition) is 1. The molecule has 0 atom stereocenters. The fraction of sp³-hybridized carbons (Fsp3) is 0.0833. The summed E-state index contributed by atoms with van der Waals surface area (Å²) in [6, 6.07) is 24.3. The van der Waals surface area contributed by atoms with Crippen LogP contribution in [0.3, 0.4) is 0 Å². The second kappa shape index (κ2) is 8.02. The molecule has 29 heavy (non-hydrogen) atoms. The minimum Gasteiger partial charge on any atom is -0.487 e. The lowest BCUT2D eigenvalue weighted by Crippen LogP contribution is -2.13. The molecule has 5 heteroatoms. The van der Waals surface area contributed by atoms with E-state index in [4.69, 9.17) is 9.47 Å². The third kappa shape index (κ3) is 3.75. The lowest BCUT2D eigenvalue weighted by atomic mass is 9.99. The van der Waals surface area contributed by atoms with Crippen molar-refractivity contribution in [2.75, 3.05) is 7.11 Å². The highest BCUT2D eigenvalue weighted by molar-refractivity contribution is 6.00. The number of rotatable bonds is 5. The van der Waals surface area contributed by atoms with E-state index in [2.05, 4.69) is 4.98 Å². The molecular formula is C24H19NO4. The van der Waals surface area contributed by atoms with E-state index in [0.717, 1.165) is 16.7 Å². The van der Waals surface area contributed by atoms with Crippen molar-refractivity contribution < 1.29 is 14.3 Å². The maximum Gasteiger partial charge on any atom is 0.354 e. The summed E-state index contributed by atoms with van der Waals surface area (Å²) < 4.78 is 10.8. The highest BCUT2D eigenvalue weighted by atomic mass is 16.5. The fourth-order valence-electron chi connectivity index (χ4n) is 3.27. The zero-order chi connectivity index (χ0) is 20.2. The first kappa shape index (κ1) is 18.5. The molecule has 0 aliphatic rings. The van der Waals surface area contributed by atoms with Crippen LogP contribution in [0.1, 0.15) is 16.1 Å². The number of benzene rings is 3. The molecule has 0 saturated heterocycles. The van der Waals surface area contributed by atoms with E-state index in [1.165, 1.54) is 13.2 Å². The Labute approximate surface area is 167 Å². The van der Waals surface area contributed by atoms with Gasteiger partial charge in [0.15, 0.2) is 5.43 Å². The van der Waals surface area contributed by atoms with Crippen molar-refractivity contribution in [1.29, 1.82) is 0 Å². The summed E-state index contributed by atoms with van der Waals surface area (Å²) in [5, 5.41) is 0.467. The molecule has 0 fully saturated rings. The monoisotopic (exact) mass is 385 g/mol. The van der Waals surface area contributed by atoms with Crippen LogP contribution in [0.5, 0.6) is 5.75 Å². The Bertz CT molecular complexity index is 1210. The molecule has 3 aromatic carbocycles. The first-order valence-electron chi connectivity index (χ1n) is 9.18. The summed E-state index contributed by atoms with van der Waals surface area (Å²) >= 11 is 0. The molecule has 0 aliphatic carbocycles. The Kier molecular flexibility index (Phi) is 5.12. The van der Waals surface area contributed by atoms with Crippen molar-refractivity contribution in [2.45, 2.75) is 6.61 Å². The number of nitrogens with one attached hydrogen (secondary N) is 1. The second-order valence-electron chi connectivity index (χ2n) is 6.54. The van der Waals surface area contributed by atoms with Crippen LogP contribution in [-0.4, -0.2) is 18.1 Å². The van der Waals surface area contributed by atoms with Crippen molar-refractivity contribution in [3.63, 3.8) is 0 Å². The normalized spacial score (nSPS) is 10.7. The van der Waals surface area contributed by atoms with E-state index in [1.54, 1.807) is 0 Å². The van der Waals surface area contributed by atoms with E-state index in [0.29, 0.717) is 23.3 Å². The summed E-state index contributed by atoms with van der Waals surface area (Å²) in [7, 11) is 1.28. The highest BCUT2D eigenvalue weighted by Gasteiger charge is 2.16. The SMILES string of the molecule is COC(=O)c1cc(=O)c2c(-c3ccccc3)ccc(OCc3ccccc3)c2[nH]1. The fourth-order valence-corrected chi connectivity index (χ4v) is 3.27. The largest absolute Gasteiger partial charge is 0.487 e. The molecule has 0 amide bonds. The second-order valence-corrected chi connectivity index (χ2v) is 6.54. The third-order valence-electron chi connectivity index (χ3n) is 4.68. The van der Waals surface area contributed by atoms with Crippen LogP contribution >= 0.6 is 0 Å². The van der Waals surface area contributed by atoms with Gasteiger partial charge in [-0.1, -0.05) is 60.7 Å². The predicted octanol–water partition coefficient (Wildman–Crippen LogP) is 4.56. The average Bonchev–Trinajstić information content (AvgIpc) is 2.78. The first-order valence-corrected chi connectivity index (χ1v) is 9.18. The van der Waals surface area contributed by atoms with Gasteiger partial charge in [-0.2, -0.15) is 0 Å². The Balaban J connectivity index is 1.88. The molecule has 0 aliphatic heterocycles. The van der Waals surface area contributed by atoms with Crippen LogP contribution in [0.4, 0.5) is 0 Å². The van der Waals surface area contributed by atoms with Crippen molar-refractivity contribution in [2.24, 2.45) is 0 Å². The number of pyridine rings is 1. The number of fused-ring (bicyclic) bond motifs is 1. The maximum absolute atomic E-state index is 13.0. The average molecular weight is 385 g/mol. The molecular weight excluding hydrogens is 366 g/mol. The van der Waals surface area contributed by atoms with Gasteiger partial charge in [0.1, 0.15) is 18.1 Å². The zero-order valence-electron chi connectivity index (χ0n) is 15.8. The molecule has 1 heterocycles. The molecule has 5 nitrogen and oxygen atoms in total. The topological polar surface area (TPSA) is 68.4 Å². The summed E-state index contributed by atoms with van der Waals surface area (Å²) in [5.41, 5.74) is 2.95. The van der Waals surface area contributed by atoms with Gasteiger partial charge >= 0.3 is 5.97 Å². The molecule has 0 unspecified atom stereocenters. The summed E-state index contributed by atoms with van der Waals surface area (Å²) in [6.45, 7) is 0.338. The van der Waals surface area contributed by atoms with Gasteiger partial charge in [-0.3, -0.25) is 4.79 Å². The molecule has 4 aromatic rings. The van der Waals surface area contributed by atoms with Crippen LogP contribution in [-0.2, 0) is 11.3 Å². The Hall–Kier alpha value is -3.86. The van der Waals surface area contributed by atoms with Crippen molar-refractivity contribution >= 4 is 16.9 Å². The van der Waals surface area contributed by atoms with Gasteiger partial charge in [-0.05, 0) is 28.8 Å². The van der Waals surface area contributed by atoms with E-state index >= 15 is 0 Å². The molecule has 4 rings (SSSR count). The van der Waals surface area contributed by atoms with Crippen molar-refractivity contribution in [3.05, 3.63) is 100 Å². The number of esters is 1. The lowest BCUT2D eigenvalue weighted by molar-refractivity contribution is 0.0594. The van der Waals surface area contributed by atoms with Gasteiger partial charge in [0.25, 0.3) is 0 Å². The molecule has 0 radical (unpaired) electrons. The summed E-state index contributed by atoms with van der Waals surface area (Å²) in [6.07, 6.45) is 0. The number of hydrogen-bond acceptors (Lipinski definition) is 4. The quantitative estimate of drug-likeness (QED) is 0.511. The summed E-state index contributed by atoms with van der Waals surface area (Å²) in [5.74, 6) is -0.116. The maximum atomic E-state index is 13.0. The van der Waals surface area contributed by atoms with Crippen LogP contribution in [0.15, 0.2) is 83.7 Å². The van der Waals surface area contributed by atoms with Gasteiger partial charge in [-0.25, -0.2) is 4.79 Å². The lowest BCUT2D eigenvalue weighted by Gasteiger charge is -2.13. The Morgan fingerprint density at radius 1 is 0.931 bits per heavy atom. The highest BCUT2D eigenvalue weighted by Crippen LogP contribution is 2.32. The van der Waals surface area contributed by atoms with Crippen LogP contribution in [0.25, 0.3) is 22.0 Å². The number of ether oxygens (including phenoxy) is 2. The van der Waals surface area contributed by atoms with E-state index in [-0.39, 0.29) is 11.1 Å². The Morgan fingerprint density at radius 2 is 1.62 bits per heavy atom. The van der Waals surface area contributed by atoms with Crippen molar-refractivity contribution in [3.8, 4) is 16.9 Å². The van der Waals surface area contributed by atoms with Crippen LogP contribution < -0.4 is 10.2 Å². The van der Waals surface area contributed by atoms with Crippen LogP contribution in [0, 0.1) is 0 Å². The molecule has 144 valence electrons. The number of carbonyl (C=O) groups excluding carboxylic acids is 1. The van der Waals surface area contributed by atoms with Gasteiger partial charge in [0.2, 0.25) is 0 Å². The minimum atomic E-state index is -0.608. The van der Waals surface area contributed by atoms with Crippen LogP contribution in [0.2, 0.25) is 0 Å². The number of aromatic nitrogens is 1. The van der Waals surface area contributed by atoms with Gasteiger partial charge < -0.3 is 14.5 Å². The smallest absolute Gasteiger partial charge is 0.354 e. The molecule has 0 spiro atoms. The van der Waals surface area contributed by atoms with Gasteiger partial charge in [-0.15, -0.1) is 0 Å². The molecule has 1 aromatic heterocycles. The molecule has 0 saturated carbocycles. The number of methoxy groups -OCH3 is 1. The van der Waals surface area contributed by atoms with Gasteiger partial charge in [0.05, 0.1) is 18.0 Å². The van der Waals surface area contributed by atoms with Gasteiger partial charge in [0, 0.05) is 6.07 Å². The molecule has 0 bridgehead atoms. The Morgan fingerprint density at radius 3 is 2.31 bits per heavy atom. The van der Waals surface area contributed by atoms with E-state index < -0.39 is 5.97 Å². The minimum absolute atomic E-state index is 0.0831. The first-order chi connectivity index (χ1) is 14.2. The van der Waals surface area contributed by atoms with E-state index in [9.17, 15) is 9.59 Å². The number of aromatic amines is 1.